The van der Waals surface area contributed by atoms with Crippen molar-refractivity contribution in [3.05, 3.63) is 29.6 Å². The number of nitrogens with two attached hydrogens (primary N) is 1. The van der Waals surface area contributed by atoms with Crippen LogP contribution in [0.25, 0.3) is 0 Å². The molecule has 142 valence electrons. The van der Waals surface area contributed by atoms with Gasteiger partial charge in [-0.2, -0.15) is 0 Å². The fourth-order valence-corrected chi connectivity index (χ4v) is 1.98. The summed E-state index contributed by atoms with van der Waals surface area (Å²) in [4.78, 5) is 23.7. The molecule has 1 atom stereocenters. The number of ether oxygens (including phenoxy) is 2. The molecule has 1 aromatic rings. The van der Waals surface area contributed by atoms with Gasteiger partial charge in [0.15, 0.2) is 0 Å². The number of nitrogen functional groups attached to an aromatic ring is 1. The summed E-state index contributed by atoms with van der Waals surface area (Å²) >= 11 is 0. The van der Waals surface area contributed by atoms with E-state index in [4.69, 9.17) is 15.2 Å². The maximum absolute atomic E-state index is 13.3. The summed E-state index contributed by atoms with van der Waals surface area (Å²) in [6.07, 6.45) is -0.562. The van der Waals surface area contributed by atoms with Gasteiger partial charge in [-0.25, -0.2) is 9.18 Å². The summed E-state index contributed by atoms with van der Waals surface area (Å²) in [5, 5.41) is 2.61. The SMILES string of the molecule is CCOC(=O)C[C@@H](CC#Cc1cc(F)ccc1N)NC(=O)OC(C)(C)C. The number of hydrogen-bond acceptors (Lipinski definition) is 5. The molecule has 7 heteroatoms. The van der Waals surface area contributed by atoms with E-state index in [1.807, 2.05) is 0 Å². The minimum absolute atomic E-state index is 0.0552. The Kier molecular flexibility index (Phi) is 7.91. The Morgan fingerprint density at radius 3 is 2.65 bits per heavy atom. The Bertz CT molecular complexity index is 702. The van der Waals surface area contributed by atoms with Gasteiger partial charge in [-0.15, -0.1) is 0 Å². The molecule has 0 aliphatic rings. The lowest BCUT2D eigenvalue weighted by Gasteiger charge is -2.22. The van der Waals surface area contributed by atoms with Crippen LogP contribution in [0.3, 0.4) is 0 Å². The number of esters is 1. The van der Waals surface area contributed by atoms with Gasteiger partial charge in [0.2, 0.25) is 0 Å². The summed E-state index contributed by atoms with van der Waals surface area (Å²) in [6, 6.07) is 3.29. The Balaban J connectivity index is 2.82. The van der Waals surface area contributed by atoms with E-state index < -0.39 is 29.5 Å². The van der Waals surface area contributed by atoms with Crippen LogP contribution in [-0.4, -0.2) is 30.3 Å². The van der Waals surface area contributed by atoms with Crippen LogP contribution in [0.5, 0.6) is 0 Å². The van der Waals surface area contributed by atoms with Crippen molar-refractivity contribution < 1.29 is 23.5 Å². The molecule has 1 aromatic carbocycles. The van der Waals surface area contributed by atoms with Gasteiger partial charge < -0.3 is 20.5 Å². The van der Waals surface area contributed by atoms with Crippen molar-refractivity contribution in [1.29, 1.82) is 0 Å². The summed E-state index contributed by atoms with van der Waals surface area (Å²) < 4.78 is 23.4. The van der Waals surface area contributed by atoms with E-state index in [0.717, 1.165) is 0 Å². The Hall–Kier alpha value is -2.75. The largest absolute Gasteiger partial charge is 0.466 e. The van der Waals surface area contributed by atoms with Crippen LogP contribution in [0.4, 0.5) is 14.9 Å². The van der Waals surface area contributed by atoms with Gasteiger partial charge in [-0.05, 0) is 45.9 Å². The van der Waals surface area contributed by atoms with E-state index in [0.29, 0.717) is 11.3 Å². The molecule has 1 amide bonds. The van der Waals surface area contributed by atoms with Gasteiger partial charge in [0.05, 0.1) is 24.6 Å². The molecule has 0 fully saturated rings. The number of alkyl carbamates (subject to hydrolysis) is 1. The van der Waals surface area contributed by atoms with Gasteiger partial charge in [0.1, 0.15) is 11.4 Å². The third-order valence-electron chi connectivity index (χ3n) is 3.03. The maximum atomic E-state index is 13.3. The third-order valence-corrected chi connectivity index (χ3v) is 3.03. The summed E-state index contributed by atoms with van der Waals surface area (Å²) in [5.41, 5.74) is 5.77. The molecule has 0 aliphatic carbocycles. The van der Waals surface area contributed by atoms with Gasteiger partial charge >= 0.3 is 12.1 Å². The first-order valence-electron chi connectivity index (χ1n) is 8.29. The molecule has 0 bridgehead atoms. The van der Waals surface area contributed by atoms with E-state index in [9.17, 15) is 14.0 Å². The molecule has 0 unspecified atom stereocenters. The first-order valence-corrected chi connectivity index (χ1v) is 8.29. The number of carbonyl (C=O) groups excluding carboxylic acids is 2. The Morgan fingerprint density at radius 2 is 2.04 bits per heavy atom. The van der Waals surface area contributed by atoms with Crippen molar-refractivity contribution >= 4 is 17.7 Å². The molecule has 0 heterocycles. The van der Waals surface area contributed by atoms with E-state index >= 15 is 0 Å². The predicted molar refractivity (Wildman–Crippen MR) is 96.7 cm³/mol. The highest BCUT2D eigenvalue weighted by atomic mass is 19.1. The normalized spacial score (nSPS) is 11.7. The first-order chi connectivity index (χ1) is 12.1. The average Bonchev–Trinajstić information content (AvgIpc) is 2.48. The Morgan fingerprint density at radius 1 is 1.35 bits per heavy atom. The van der Waals surface area contributed by atoms with E-state index in [1.54, 1.807) is 27.7 Å². The molecule has 0 saturated heterocycles. The number of amides is 1. The van der Waals surface area contributed by atoms with Crippen molar-refractivity contribution in [3.63, 3.8) is 0 Å². The number of nitrogens with one attached hydrogen (secondary N) is 1. The number of rotatable bonds is 5. The first kappa shape index (κ1) is 21.3. The lowest BCUT2D eigenvalue weighted by atomic mass is 10.1. The minimum atomic E-state index is -0.666. The highest BCUT2D eigenvalue weighted by Gasteiger charge is 2.21. The van der Waals surface area contributed by atoms with Gasteiger partial charge in [-0.3, -0.25) is 4.79 Å². The monoisotopic (exact) mass is 364 g/mol. The van der Waals surface area contributed by atoms with Crippen LogP contribution in [0.2, 0.25) is 0 Å². The molecule has 0 saturated carbocycles. The molecule has 0 aromatic heterocycles. The summed E-state index contributed by atoms with van der Waals surface area (Å²) in [5.74, 6) is 4.66. The lowest BCUT2D eigenvalue weighted by Crippen LogP contribution is -2.40. The van der Waals surface area contributed by atoms with Gasteiger partial charge in [0, 0.05) is 12.1 Å². The number of carbonyl (C=O) groups is 2. The molecular formula is C19H25FN2O4. The second kappa shape index (κ2) is 9.66. The van der Waals surface area contributed by atoms with Crippen LogP contribution in [0, 0.1) is 17.7 Å². The quantitative estimate of drug-likeness (QED) is 0.476. The van der Waals surface area contributed by atoms with Crippen LogP contribution in [0.1, 0.15) is 46.1 Å². The van der Waals surface area contributed by atoms with E-state index in [-0.39, 0.29) is 19.4 Å². The van der Waals surface area contributed by atoms with Crippen LogP contribution >= 0.6 is 0 Å². The smallest absolute Gasteiger partial charge is 0.407 e. The second-order valence-corrected chi connectivity index (χ2v) is 6.59. The van der Waals surface area contributed by atoms with Crippen LogP contribution in [-0.2, 0) is 14.3 Å². The van der Waals surface area contributed by atoms with E-state index in [2.05, 4.69) is 17.2 Å². The van der Waals surface area contributed by atoms with Crippen molar-refractivity contribution in [2.24, 2.45) is 0 Å². The minimum Gasteiger partial charge on any atom is -0.466 e. The second-order valence-electron chi connectivity index (χ2n) is 6.59. The van der Waals surface area contributed by atoms with Crippen LogP contribution in [0.15, 0.2) is 18.2 Å². The van der Waals surface area contributed by atoms with Crippen LogP contribution < -0.4 is 11.1 Å². The highest BCUT2D eigenvalue weighted by Crippen LogP contribution is 2.12. The molecule has 1 rings (SSSR count). The summed E-state index contributed by atoms with van der Waals surface area (Å²) in [6.45, 7) is 7.14. The van der Waals surface area contributed by atoms with Crippen molar-refractivity contribution in [2.75, 3.05) is 12.3 Å². The Labute approximate surface area is 153 Å². The summed E-state index contributed by atoms with van der Waals surface area (Å²) in [7, 11) is 0. The maximum Gasteiger partial charge on any atom is 0.407 e. The zero-order valence-electron chi connectivity index (χ0n) is 15.5. The zero-order valence-corrected chi connectivity index (χ0v) is 15.5. The number of halogens is 1. The molecule has 0 aliphatic heterocycles. The molecular weight excluding hydrogens is 339 g/mol. The molecule has 3 N–H and O–H groups in total. The molecule has 0 radical (unpaired) electrons. The van der Waals surface area contributed by atoms with Gasteiger partial charge in [-0.1, -0.05) is 11.8 Å². The van der Waals surface area contributed by atoms with Gasteiger partial charge in [0.25, 0.3) is 0 Å². The average molecular weight is 364 g/mol. The van der Waals surface area contributed by atoms with Crippen molar-refractivity contribution in [1.82, 2.24) is 5.32 Å². The fourth-order valence-electron chi connectivity index (χ4n) is 1.98. The zero-order chi connectivity index (χ0) is 19.7. The molecule has 0 spiro atoms. The third kappa shape index (κ3) is 8.38. The molecule has 6 nitrogen and oxygen atoms in total. The highest BCUT2D eigenvalue weighted by molar-refractivity contribution is 5.73. The van der Waals surface area contributed by atoms with E-state index in [1.165, 1.54) is 18.2 Å². The predicted octanol–water partition coefficient (Wildman–Crippen LogP) is 3.00. The number of hydrogen-bond donors (Lipinski definition) is 2. The standard InChI is InChI=1S/C19H25FN2O4/c1-5-25-17(23)12-15(22-18(24)26-19(2,3)4)8-6-7-13-11-14(20)9-10-16(13)21/h9-11,15H,5,8,12,21H2,1-4H3,(H,22,24)/t15-/m1/s1. The number of benzene rings is 1. The fraction of sp³-hybridized carbons (Fsp3) is 0.474. The lowest BCUT2D eigenvalue weighted by molar-refractivity contribution is -0.143. The van der Waals surface area contributed by atoms with Crippen molar-refractivity contribution in [3.8, 4) is 11.8 Å². The topological polar surface area (TPSA) is 90.6 Å². The molecule has 26 heavy (non-hydrogen) atoms. The van der Waals surface area contributed by atoms with Crippen molar-refractivity contribution in [2.45, 2.75) is 52.2 Å². The number of anilines is 1.